The highest BCUT2D eigenvalue weighted by molar-refractivity contribution is 8.30. The highest BCUT2D eigenvalue weighted by Crippen LogP contribution is 2.49. The van der Waals surface area contributed by atoms with E-state index >= 15 is 0 Å². The van der Waals surface area contributed by atoms with Gasteiger partial charge in [0.2, 0.25) is 0 Å². The van der Waals surface area contributed by atoms with Crippen molar-refractivity contribution in [2.75, 3.05) is 18.0 Å². The summed E-state index contributed by atoms with van der Waals surface area (Å²) in [6, 6.07) is 6.88. The molecule has 2 unspecified atom stereocenters. The van der Waals surface area contributed by atoms with Gasteiger partial charge in [0.1, 0.15) is 20.4 Å². The minimum absolute atomic E-state index is 0.283. The van der Waals surface area contributed by atoms with Gasteiger partial charge >= 0.3 is 5.97 Å². The number of carboxylic acids is 1. The number of thioether (sulfide) groups is 1. The predicted molar refractivity (Wildman–Crippen MR) is 140 cm³/mol. The number of thiocarbonyl (C=S) groups is 1. The summed E-state index contributed by atoms with van der Waals surface area (Å²) in [5, 5.41) is 9.41. The van der Waals surface area contributed by atoms with Crippen LogP contribution in [0.5, 0.6) is 0 Å². The first-order valence-electron chi connectivity index (χ1n) is 11.5. The standard InChI is InChI=1S/C24H25N3O4S3/c1-3-25-16-7-5-6-14(16)15-10-13(8-9-17(15)25)11-18-21(30)27(12-19(28)29)23(33-18)20-22(31)26(4-2)24(32)34-20/h8-11,14,16H,3-7,12H2,1-2H3,(H,28,29)/b18-11+,23-20-. The van der Waals surface area contributed by atoms with E-state index in [1.165, 1.54) is 40.0 Å². The topological polar surface area (TPSA) is 82.9 Å². The molecule has 2 aromatic rings. The molecule has 2 fully saturated rings. The quantitative estimate of drug-likeness (QED) is 0.612. The number of likely N-dealkylation sites (N-methyl/N-ethyl adjacent to an activating group) is 1. The van der Waals surface area contributed by atoms with Crippen LogP contribution in [-0.2, 0) is 16.1 Å². The molecule has 1 saturated carbocycles. The lowest BCUT2D eigenvalue weighted by Crippen LogP contribution is -2.35. The Morgan fingerprint density at radius 1 is 1.24 bits per heavy atom. The molecule has 1 aromatic carbocycles. The Bertz CT molecular complexity index is 1390. The molecule has 1 amide bonds. The second-order valence-corrected chi connectivity index (χ2v) is 11.3. The molecule has 3 aliphatic rings. The van der Waals surface area contributed by atoms with Crippen molar-refractivity contribution in [1.82, 2.24) is 9.47 Å². The molecule has 0 radical (unpaired) electrons. The molecule has 2 aliphatic heterocycles. The van der Waals surface area contributed by atoms with Crippen LogP contribution in [-0.4, -0.2) is 49.9 Å². The first-order valence-corrected chi connectivity index (χ1v) is 13.5. The Morgan fingerprint density at radius 2 is 2.03 bits per heavy atom. The van der Waals surface area contributed by atoms with Crippen LogP contribution in [0.2, 0.25) is 0 Å². The number of hydrogen-bond acceptors (Lipinski definition) is 7. The molecule has 0 bridgehead atoms. The molecule has 5 rings (SSSR count). The Labute approximate surface area is 210 Å². The zero-order valence-corrected chi connectivity index (χ0v) is 21.4. The summed E-state index contributed by atoms with van der Waals surface area (Å²) < 4.78 is 2.36. The third-order valence-corrected chi connectivity index (χ3v) is 9.54. The maximum absolute atomic E-state index is 13.2. The number of carbonyl (C=O) groups excluding carboxylic acids is 1. The van der Waals surface area contributed by atoms with Crippen LogP contribution < -0.4 is 19.7 Å². The summed E-state index contributed by atoms with van der Waals surface area (Å²) in [5.41, 5.74) is 3.12. The number of anilines is 1. The van der Waals surface area contributed by atoms with E-state index < -0.39 is 18.1 Å². The van der Waals surface area contributed by atoms with Gasteiger partial charge in [-0.2, -0.15) is 0 Å². The maximum atomic E-state index is 13.2. The fourth-order valence-corrected chi connectivity index (χ4v) is 8.04. The summed E-state index contributed by atoms with van der Waals surface area (Å²) in [7, 11) is 0. The number of carbonyl (C=O) groups is 2. The number of hydrogen-bond donors (Lipinski definition) is 1. The Morgan fingerprint density at radius 3 is 2.71 bits per heavy atom. The molecule has 178 valence electrons. The smallest absolute Gasteiger partial charge is 0.323 e. The van der Waals surface area contributed by atoms with Crippen LogP contribution >= 0.6 is 35.3 Å². The number of carboxylic acid groups (broad SMARTS) is 1. The van der Waals surface area contributed by atoms with Gasteiger partial charge in [0.05, 0.1) is 4.53 Å². The molecular weight excluding hydrogens is 490 g/mol. The van der Waals surface area contributed by atoms with Crippen molar-refractivity contribution in [1.29, 1.82) is 0 Å². The molecule has 3 heterocycles. The summed E-state index contributed by atoms with van der Waals surface area (Å²) in [6.45, 7) is 4.91. The molecule has 2 atom stereocenters. The fraction of sp³-hybridized carbons (Fsp3) is 0.417. The number of rotatable bonds is 5. The highest BCUT2D eigenvalue weighted by atomic mass is 32.2. The van der Waals surface area contributed by atoms with Crippen molar-refractivity contribution in [3.63, 3.8) is 0 Å². The van der Waals surface area contributed by atoms with Crippen molar-refractivity contribution in [2.24, 2.45) is 0 Å². The van der Waals surface area contributed by atoms with Crippen LogP contribution in [0.1, 0.15) is 50.2 Å². The van der Waals surface area contributed by atoms with E-state index in [0.29, 0.717) is 36.9 Å². The van der Waals surface area contributed by atoms with E-state index in [0.717, 1.165) is 35.2 Å². The lowest BCUT2D eigenvalue weighted by Gasteiger charge is -2.25. The van der Waals surface area contributed by atoms with Gasteiger partial charge in [-0.3, -0.25) is 23.9 Å². The number of benzene rings is 1. The molecule has 1 N–H and O–H groups in total. The first kappa shape index (κ1) is 23.3. The largest absolute Gasteiger partial charge is 0.480 e. The van der Waals surface area contributed by atoms with Crippen LogP contribution in [0.4, 0.5) is 5.69 Å². The van der Waals surface area contributed by atoms with Gasteiger partial charge in [-0.25, -0.2) is 0 Å². The van der Waals surface area contributed by atoms with Crippen molar-refractivity contribution in [3.8, 4) is 0 Å². The van der Waals surface area contributed by atoms with Crippen LogP contribution in [0.25, 0.3) is 11.0 Å². The third kappa shape index (κ3) is 3.72. The lowest BCUT2D eigenvalue weighted by atomic mass is 9.96. The summed E-state index contributed by atoms with van der Waals surface area (Å²) in [6.07, 6.45) is 5.43. The van der Waals surface area contributed by atoms with Gasteiger partial charge < -0.3 is 10.0 Å². The van der Waals surface area contributed by atoms with Crippen molar-refractivity contribution in [3.05, 3.63) is 48.9 Å². The SMILES string of the molecule is CCN1C(=O)/C(=c2/s/c(=C/c3ccc4c(c3)C3CCCC3N4CC)c(=O)n2CC(=O)O)SC1=S. The highest BCUT2D eigenvalue weighted by Gasteiger charge is 2.40. The van der Waals surface area contributed by atoms with Gasteiger partial charge in [0, 0.05) is 30.7 Å². The van der Waals surface area contributed by atoms with Gasteiger partial charge in [-0.15, -0.1) is 11.3 Å². The molecule has 34 heavy (non-hydrogen) atoms. The molecule has 0 spiro atoms. The zero-order chi connectivity index (χ0) is 24.1. The molecular formula is C24H25N3O4S3. The van der Waals surface area contributed by atoms with E-state index in [-0.39, 0.29) is 5.91 Å². The van der Waals surface area contributed by atoms with Crippen LogP contribution in [0, 0.1) is 0 Å². The summed E-state index contributed by atoms with van der Waals surface area (Å²) >= 11 is 7.58. The maximum Gasteiger partial charge on any atom is 0.323 e. The number of fused-ring (bicyclic) bond motifs is 3. The monoisotopic (exact) mass is 515 g/mol. The molecule has 1 saturated heterocycles. The van der Waals surface area contributed by atoms with Crippen molar-refractivity contribution in [2.45, 2.75) is 51.6 Å². The van der Waals surface area contributed by atoms with E-state index in [2.05, 4.69) is 24.0 Å². The number of thiazole rings is 1. The van der Waals surface area contributed by atoms with E-state index in [9.17, 15) is 19.5 Å². The van der Waals surface area contributed by atoms with E-state index in [4.69, 9.17) is 12.2 Å². The Kier molecular flexibility index (Phi) is 6.16. The second kappa shape index (κ2) is 8.98. The molecule has 10 heteroatoms. The third-order valence-electron chi connectivity index (χ3n) is 6.84. The lowest BCUT2D eigenvalue weighted by molar-refractivity contribution is -0.137. The van der Waals surface area contributed by atoms with Crippen LogP contribution in [0.3, 0.4) is 0 Å². The number of amides is 1. The summed E-state index contributed by atoms with van der Waals surface area (Å²) in [5.74, 6) is -0.896. The van der Waals surface area contributed by atoms with E-state index in [1.807, 2.05) is 19.1 Å². The van der Waals surface area contributed by atoms with Gasteiger partial charge in [0.25, 0.3) is 11.5 Å². The Hall–Kier alpha value is -2.43. The number of aliphatic carboxylic acids is 1. The number of nitrogens with zero attached hydrogens (tertiary/aromatic N) is 3. The van der Waals surface area contributed by atoms with Crippen LogP contribution in [0.15, 0.2) is 23.0 Å². The minimum Gasteiger partial charge on any atom is -0.480 e. The van der Waals surface area contributed by atoms with Gasteiger partial charge in [0.15, 0.2) is 0 Å². The zero-order valence-electron chi connectivity index (χ0n) is 18.9. The van der Waals surface area contributed by atoms with Gasteiger partial charge in [-0.05, 0) is 56.0 Å². The molecule has 1 aliphatic carbocycles. The number of aromatic nitrogens is 1. The average molecular weight is 516 g/mol. The van der Waals surface area contributed by atoms with Crippen molar-refractivity contribution >= 4 is 68.2 Å². The minimum atomic E-state index is -1.14. The second-order valence-electron chi connectivity index (χ2n) is 8.66. The fourth-order valence-electron chi connectivity index (χ4n) is 5.40. The average Bonchev–Trinajstić information content (AvgIpc) is 3.52. The predicted octanol–water partition coefficient (Wildman–Crippen LogP) is 2.29. The van der Waals surface area contributed by atoms with Gasteiger partial charge in [-0.1, -0.05) is 36.5 Å². The Balaban J connectivity index is 1.65. The first-order chi connectivity index (χ1) is 16.3. The summed E-state index contributed by atoms with van der Waals surface area (Å²) in [4.78, 5) is 41.9. The molecule has 7 nitrogen and oxygen atoms in total. The normalized spacial score (nSPS) is 23.8. The van der Waals surface area contributed by atoms with E-state index in [1.54, 1.807) is 0 Å². The van der Waals surface area contributed by atoms with Crippen molar-refractivity contribution < 1.29 is 14.7 Å². The molecule has 1 aromatic heterocycles.